The number of methoxy groups -OCH3 is 1. The van der Waals surface area contributed by atoms with Crippen LogP contribution >= 0.6 is 0 Å². The summed E-state index contributed by atoms with van der Waals surface area (Å²) in [6.07, 6.45) is 3.51. The van der Waals surface area contributed by atoms with Crippen molar-refractivity contribution in [1.82, 2.24) is 0 Å². The summed E-state index contributed by atoms with van der Waals surface area (Å²) in [6, 6.07) is 0. The smallest absolute Gasteiger partial charge is 0.358 e. The van der Waals surface area contributed by atoms with Crippen LogP contribution < -0.4 is 0 Å². The van der Waals surface area contributed by atoms with Gasteiger partial charge >= 0.3 is 5.88 Å². The van der Waals surface area contributed by atoms with Gasteiger partial charge in [-0.1, -0.05) is 31.9 Å². The highest BCUT2D eigenvalue weighted by molar-refractivity contribution is 5.41. The molecular formula is C22H34NO3+. The Bertz CT molecular complexity index is 688. The largest absolute Gasteiger partial charge is 0.507 e. The maximum Gasteiger partial charge on any atom is 0.358 e. The van der Waals surface area contributed by atoms with Gasteiger partial charge in [0.25, 0.3) is 0 Å². The van der Waals surface area contributed by atoms with E-state index in [1.807, 2.05) is 34.6 Å². The minimum Gasteiger partial charge on any atom is -0.507 e. The van der Waals surface area contributed by atoms with Crippen LogP contribution in [-0.4, -0.2) is 40.8 Å². The second-order valence-electron chi connectivity index (χ2n) is 7.31. The monoisotopic (exact) mass is 360 g/mol. The highest BCUT2D eigenvalue weighted by Crippen LogP contribution is 2.45. The predicted octanol–water partition coefficient (Wildman–Crippen LogP) is 5.24. The lowest BCUT2D eigenvalue weighted by molar-refractivity contribution is -0.582. The molecule has 0 aromatic rings. The SMILES string of the molecule is C=C(/C=C\C(=C)C(C)(C)C(C)(C(=C)COC)[N+](=C)C(=C)O)C(O)=C(C)C. The molecular weight excluding hydrogens is 326 g/mol. The Balaban J connectivity index is 6.03. The lowest BCUT2D eigenvalue weighted by Crippen LogP contribution is -2.53. The first-order valence-electron chi connectivity index (χ1n) is 8.34. The fourth-order valence-electron chi connectivity index (χ4n) is 2.67. The molecule has 0 bridgehead atoms. The highest BCUT2D eigenvalue weighted by Gasteiger charge is 2.53. The number of nitrogens with zero attached hydrogens (tertiary/aromatic N) is 1. The molecule has 4 nitrogen and oxygen atoms in total. The first kappa shape index (κ1) is 23.7. The Kier molecular flexibility index (Phi) is 8.06. The van der Waals surface area contributed by atoms with Crippen LogP contribution in [-0.2, 0) is 4.74 Å². The van der Waals surface area contributed by atoms with Crippen LogP contribution in [0.15, 0.2) is 72.4 Å². The molecule has 0 aromatic carbocycles. The molecule has 26 heavy (non-hydrogen) atoms. The van der Waals surface area contributed by atoms with Crippen LogP contribution in [0.2, 0.25) is 0 Å². The molecule has 0 amide bonds. The van der Waals surface area contributed by atoms with Gasteiger partial charge in [0.1, 0.15) is 12.5 Å². The molecule has 0 radical (unpaired) electrons. The van der Waals surface area contributed by atoms with E-state index in [4.69, 9.17) is 4.74 Å². The van der Waals surface area contributed by atoms with Crippen LogP contribution in [0.1, 0.15) is 34.6 Å². The van der Waals surface area contributed by atoms with Crippen molar-refractivity contribution in [3.05, 3.63) is 72.4 Å². The lowest BCUT2D eigenvalue weighted by Gasteiger charge is -2.41. The first-order valence-corrected chi connectivity index (χ1v) is 8.34. The van der Waals surface area contributed by atoms with Gasteiger partial charge in [0, 0.05) is 31.8 Å². The summed E-state index contributed by atoms with van der Waals surface area (Å²) in [6.45, 7) is 29.5. The Morgan fingerprint density at radius 3 is 1.92 bits per heavy atom. The first-order chi connectivity index (χ1) is 11.7. The van der Waals surface area contributed by atoms with Gasteiger partial charge in [0.05, 0.1) is 12.0 Å². The molecule has 144 valence electrons. The van der Waals surface area contributed by atoms with Crippen molar-refractivity contribution in [2.24, 2.45) is 5.41 Å². The molecule has 4 heteroatoms. The van der Waals surface area contributed by atoms with Crippen molar-refractivity contribution in [2.45, 2.75) is 40.2 Å². The summed E-state index contributed by atoms with van der Waals surface area (Å²) in [5.74, 6) is -0.0258. The van der Waals surface area contributed by atoms with E-state index in [9.17, 15) is 10.2 Å². The second-order valence-corrected chi connectivity index (χ2v) is 7.31. The van der Waals surface area contributed by atoms with Gasteiger partial charge in [-0.05, 0) is 38.8 Å². The summed E-state index contributed by atoms with van der Waals surface area (Å²) in [5.41, 5.74) is 1.31. The molecule has 0 aliphatic rings. The van der Waals surface area contributed by atoms with E-state index in [2.05, 4.69) is 33.0 Å². The van der Waals surface area contributed by atoms with Crippen LogP contribution in [0.25, 0.3) is 0 Å². The van der Waals surface area contributed by atoms with Gasteiger partial charge < -0.3 is 14.9 Å². The number of rotatable bonds is 10. The van der Waals surface area contributed by atoms with Crippen molar-refractivity contribution < 1.29 is 19.5 Å². The third kappa shape index (κ3) is 4.64. The average Bonchev–Trinajstić information content (AvgIpc) is 2.56. The molecule has 1 atom stereocenters. The van der Waals surface area contributed by atoms with Crippen molar-refractivity contribution in [3.63, 3.8) is 0 Å². The average molecular weight is 361 g/mol. The van der Waals surface area contributed by atoms with E-state index >= 15 is 0 Å². The van der Waals surface area contributed by atoms with E-state index < -0.39 is 11.0 Å². The molecule has 0 spiro atoms. The van der Waals surface area contributed by atoms with Crippen LogP contribution in [0.5, 0.6) is 0 Å². The number of ether oxygens (including phenoxy) is 1. The third-order valence-corrected chi connectivity index (χ3v) is 5.14. The topological polar surface area (TPSA) is 52.7 Å². The van der Waals surface area contributed by atoms with Crippen LogP contribution in [0, 0.1) is 5.41 Å². The van der Waals surface area contributed by atoms with Gasteiger partial charge in [0.15, 0.2) is 5.54 Å². The summed E-state index contributed by atoms with van der Waals surface area (Å²) >= 11 is 0. The van der Waals surface area contributed by atoms with E-state index in [-0.39, 0.29) is 11.6 Å². The molecule has 0 rings (SSSR count). The van der Waals surface area contributed by atoms with Crippen LogP contribution in [0.4, 0.5) is 0 Å². The van der Waals surface area contributed by atoms with Crippen molar-refractivity contribution >= 4 is 6.72 Å². The van der Waals surface area contributed by atoms with Crippen LogP contribution in [0.3, 0.4) is 0 Å². The van der Waals surface area contributed by atoms with Crippen molar-refractivity contribution in [2.75, 3.05) is 13.7 Å². The molecule has 0 saturated heterocycles. The molecule has 0 aliphatic heterocycles. The minimum absolute atomic E-state index is 0.154. The number of hydrogen-bond donors (Lipinski definition) is 2. The Morgan fingerprint density at radius 2 is 1.54 bits per heavy atom. The molecule has 0 saturated carbocycles. The fraction of sp³-hybridized carbons (Fsp3) is 0.409. The molecule has 2 N–H and O–H groups in total. The highest BCUT2D eigenvalue weighted by atomic mass is 16.5. The maximum atomic E-state index is 10.00. The van der Waals surface area contributed by atoms with Gasteiger partial charge in [-0.3, -0.25) is 0 Å². The fourth-order valence-corrected chi connectivity index (χ4v) is 2.67. The van der Waals surface area contributed by atoms with Crippen molar-refractivity contribution in [1.29, 1.82) is 0 Å². The predicted molar refractivity (Wildman–Crippen MR) is 111 cm³/mol. The number of aliphatic hydroxyl groups is 2. The third-order valence-electron chi connectivity index (χ3n) is 5.14. The number of hydrogen-bond acceptors (Lipinski definition) is 3. The van der Waals surface area contributed by atoms with Gasteiger partial charge in [-0.15, -0.1) is 0 Å². The Hall–Kier alpha value is -2.33. The zero-order chi connectivity index (χ0) is 20.9. The quantitative estimate of drug-likeness (QED) is 0.184. The molecule has 1 unspecified atom stereocenters. The van der Waals surface area contributed by atoms with E-state index in [0.29, 0.717) is 12.2 Å². The number of allylic oxidation sites excluding steroid dienone is 3. The normalized spacial score (nSPS) is 13.8. The summed E-state index contributed by atoms with van der Waals surface area (Å²) in [7, 11) is 1.58. The van der Waals surface area contributed by atoms with E-state index in [1.165, 1.54) is 4.58 Å². The summed E-state index contributed by atoms with van der Waals surface area (Å²) in [4.78, 5) is 0. The standard InChI is InChI=1S/C22H33NO3/c1-15(2)20(25)16(3)12-13-17(4)21(7,8)22(9,18(5)14-26-11)23(10)19(6)24/h12-13H,3-6,10,14H2,1-2,7-9,11H3,(H-,24,25)/p+1/b13-12-. The Labute approximate surface area is 158 Å². The minimum atomic E-state index is -0.823. The second kappa shape index (κ2) is 8.86. The summed E-state index contributed by atoms with van der Waals surface area (Å²) in [5, 5.41) is 20.0. The van der Waals surface area contributed by atoms with E-state index in [1.54, 1.807) is 19.3 Å². The lowest BCUT2D eigenvalue weighted by atomic mass is 9.65. The number of aliphatic hydroxyl groups excluding tert-OH is 2. The summed E-state index contributed by atoms with van der Waals surface area (Å²) < 4.78 is 6.67. The molecule has 0 aromatic heterocycles. The Morgan fingerprint density at radius 1 is 1.04 bits per heavy atom. The van der Waals surface area contributed by atoms with Gasteiger partial charge in [0.2, 0.25) is 0 Å². The zero-order valence-electron chi connectivity index (χ0n) is 17.1. The van der Waals surface area contributed by atoms with E-state index in [0.717, 1.165) is 16.7 Å². The zero-order valence-corrected chi connectivity index (χ0v) is 17.1. The molecule has 0 heterocycles. The maximum absolute atomic E-state index is 10.00. The molecule has 0 aliphatic carbocycles. The van der Waals surface area contributed by atoms with Gasteiger partial charge in [-0.2, -0.15) is 4.58 Å². The molecule has 0 fully saturated rings. The van der Waals surface area contributed by atoms with Gasteiger partial charge in [-0.25, -0.2) is 0 Å². The van der Waals surface area contributed by atoms with Crippen molar-refractivity contribution in [3.8, 4) is 0 Å².